The molecular weight excluding hydrogens is 359 g/mol. The summed E-state index contributed by atoms with van der Waals surface area (Å²) in [5, 5.41) is 1.85. The highest BCUT2D eigenvalue weighted by Gasteiger charge is 2.16. The van der Waals surface area contributed by atoms with Crippen LogP contribution in [0.15, 0.2) is 34.8 Å². The Hall–Kier alpha value is -1.53. The van der Waals surface area contributed by atoms with Crippen LogP contribution in [0.25, 0.3) is 0 Å². The molecule has 0 radical (unpaired) electrons. The maximum Gasteiger partial charge on any atom is 0.258 e. The number of rotatable bonds is 2. The summed E-state index contributed by atoms with van der Waals surface area (Å²) in [6.45, 7) is 0. The van der Waals surface area contributed by atoms with E-state index in [1.54, 1.807) is 0 Å². The summed E-state index contributed by atoms with van der Waals surface area (Å²) < 4.78 is 40.3. The minimum atomic E-state index is -0.971. The molecule has 0 fully saturated rings. The molecule has 0 spiro atoms. The van der Waals surface area contributed by atoms with Crippen LogP contribution in [0.5, 0.6) is 0 Å². The van der Waals surface area contributed by atoms with Gasteiger partial charge in [-0.3, -0.25) is 4.79 Å². The smallest absolute Gasteiger partial charge is 0.258 e. The van der Waals surface area contributed by atoms with E-state index in [0.29, 0.717) is 16.6 Å². The highest BCUT2D eigenvalue weighted by molar-refractivity contribution is 9.10. The molecule has 0 atom stereocenters. The number of benzene rings is 2. The average Bonchev–Trinajstić information content (AvgIpc) is 2.38. The van der Waals surface area contributed by atoms with Gasteiger partial charge in [0.25, 0.3) is 5.91 Å². The molecule has 20 heavy (non-hydrogen) atoms. The molecule has 0 saturated heterocycles. The molecule has 1 N–H and O–H groups in total. The first-order chi connectivity index (χ1) is 9.38. The molecule has 0 aliphatic rings. The van der Waals surface area contributed by atoms with Crippen molar-refractivity contribution in [2.24, 2.45) is 0 Å². The molecule has 2 nitrogen and oxygen atoms in total. The zero-order valence-electron chi connectivity index (χ0n) is 9.68. The summed E-state index contributed by atoms with van der Waals surface area (Å²) in [4.78, 5) is 11.9. The minimum absolute atomic E-state index is 0.102. The van der Waals surface area contributed by atoms with Crippen LogP contribution in [-0.2, 0) is 0 Å². The van der Waals surface area contributed by atoms with Crippen molar-refractivity contribution in [3.8, 4) is 0 Å². The Labute approximate surface area is 125 Å². The van der Waals surface area contributed by atoms with Crippen molar-refractivity contribution in [3.63, 3.8) is 0 Å². The van der Waals surface area contributed by atoms with Crippen molar-refractivity contribution < 1.29 is 18.0 Å². The summed E-state index contributed by atoms with van der Waals surface area (Å²) in [6, 6.07) is 4.99. The number of carbonyl (C=O) groups is 1. The van der Waals surface area contributed by atoms with Crippen LogP contribution in [0.2, 0.25) is 5.02 Å². The van der Waals surface area contributed by atoms with E-state index < -0.39 is 33.9 Å². The van der Waals surface area contributed by atoms with Gasteiger partial charge >= 0.3 is 0 Å². The normalized spacial score (nSPS) is 10.4. The number of anilines is 1. The summed E-state index contributed by atoms with van der Waals surface area (Å²) >= 11 is 8.50. The molecule has 0 heterocycles. The lowest BCUT2D eigenvalue weighted by Gasteiger charge is -2.09. The SMILES string of the molecule is O=C(Nc1cc(F)ccc1Br)c1cc(F)c(Cl)cc1F. The maximum absolute atomic E-state index is 13.6. The Kier molecular flexibility index (Phi) is 4.35. The van der Waals surface area contributed by atoms with Crippen LogP contribution in [0, 0.1) is 17.5 Å². The quantitative estimate of drug-likeness (QED) is 0.764. The third-order valence-corrected chi connectivity index (χ3v) is 3.41. The van der Waals surface area contributed by atoms with Crippen molar-refractivity contribution in [1.82, 2.24) is 0 Å². The highest BCUT2D eigenvalue weighted by Crippen LogP contribution is 2.25. The zero-order valence-corrected chi connectivity index (χ0v) is 12.0. The van der Waals surface area contributed by atoms with Gasteiger partial charge in [-0.15, -0.1) is 0 Å². The van der Waals surface area contributed by atoms with Gasteiger partial charge in [0.1, 0.15) is 17.5 Å². The van der Waals surface area contributed by atoms with Gasteiger partial charge in [-0.2, -0.15) is 0 Å². The van der Waals surface area contributed by atoms with Gasteiger partial charge in [-0.25, -0.2) is 13.2 Å². The van der Waals surface area contributed by atoms with Crippen LogP contribution >= 0.6 is 27.5 Å². The van der Waals surface area contributed by atoms with Crippen LogP contribution in [0.4, 0.5) is 18.9 Å². The molecule has 2 aromatic rings. The van der Waals surface area contributed by atoms with Gasteiger partial charge in [0.05, 0.1) is 16.3 Å². The standard InChI is InChI=1S/C13H6BrClF3NO/c14-8-2-1-6(16)3-12(8)19-13(20)7-4-11(18)9(15)5-10(7)17/h1-5H,(H,19,20). The number of nitrogens with one attached hydrogen (secondary N) is 1. The van der Waals surface area contributed by atoms with Crippen LogP contribution in [0.1, 0.15) is 10.4 Å². The van der Waals surface area contributed by atoms with Gasteiger partial charge in [-0.1, -0.05) is 11.6 Å². The van der Waals surface area contributed by atoms with E-state index in [4.69, 9.17) is 11.6 Å². The first kappa shape index (κ1) is 14.9. The second-order valence-corrected chi connectivity index (χ2v) is 5.09. The Morgan fingerprint density at radius 3 is 2.50 bits per heavy atom. The molecular formula is C13H6BrClF3NO. The molecule has 0 aliphatic heterocycles. The van der Waals surface area contributed by atoms with Gasteiger partial charge in [0.15, 0.2) is 0 Å². The lowest BCUT2D eigenvalue weighted by atomic mass is 10.2. The number of carbonyl (C=O) groups excluding carboxylic acids is 1. The van der Waals surface area contributed by atoms with Gasteiger partial charge in [0, 0.05) is 4.47 Å². The number of halogens is 5. The van der Waals surface area contributed by atoms with E-state index in [9.17, 15) is 18.0 Å². The maximum atomic E-state index is 13.6. The van der Waals surface area contributed by atoms with Crippen molar-refractivity contribution in [2.75, 3.05) is 5.32 Å². The van der Waals surface area contributed by atoms with Crippen LogP contribution in [0.3, 0.4) is 0 Å². The largest absolute Gasteiger partial charge is 0.321 e. The van der Waals surface area contributed by atoms with Crippen molar-refractivity contribution in [1.29, 1.82) is 0 Å². The lowest BCUT2D eigenvalue weighted by Crippen LogP contribution is -2.14. The average molecular weight is 365 g/mol. The van der Waals surface area contributed by atoms with Crippen molar-refractivity contribution in [3.05, 3.63) is 62.8 Å². The van der Waals surface area contributed by atoms with E-state index in [-0.39, 0.29) is 5.69 Å². The van der Waals surface area contributed by atoms with Crippen LogP contribution in [-0.4, -0.2) is 5.91 Å². The molecule has 0 bridgehead atoms. The fraction of sp³-hybridized carbons (Fsp3) is 0. The van der Waals surface area contributed by atoms with Crippen LogP contribution < -0.4 is 5.32 Å². The van der Waals surface area contributed by atoms with Crippen molar-refractivity contribution in [2.45, 2.75) is 0 Å². The molecule has 2 aromatic carbocycles. The molecule has 7 heteroatoms. The molecule has 0 saturated carbocycles. The number of hydrogen-bond acceptors (Lipinski definition) is 1. The van der Waals surface area contributed by atoms with Gasteiger partial charge < -0.3 is 5.32 Å². The predicted octanol–water partition coefficient (Wildman–Crippen LogP) is 4.77. The third-order valence-electron chi connectivity index (χ3n) is 2.43. The Morgan fingerprint density at radius 1 is 1.10 bits per heavy atom. The first-order valence-corrected chi connectivity index (χ1v) is 6.46. The van der Waals surface area contributed by atoms with Gasteiger partial charge in [-0.05, 0) is 46.3 Å². The molecule has 0 unspecified atom stereocenters. The van der Waals surface area contributed by atoms with E-state index in [2.05, 4.69) is 21.2 Å². The fourth-order valence-corrected chi connectivity index (χ4v) is 1.98. The molecule has 104 valence electrons. The molecule has 2 rings (SSSR count). The summed E-state index contributed by atoms with van der Waals surface area (Å²) in [5.74, 6) is -3.38. The summed E-state index contributed by atoms with van der Waals surface area (Å²) in [7, 11) is 0. The number of amides is 1. The second kappa shape index (κ2) is 5.85. The Balaban J connectivity index is 2.33. The number of hydrogen-bond donors (Lipinski definition) is 1. The van der Waals surface area contributed by atoms with Crippen molar-refractivity contribution >= 4 is 39.1 Å². The van der Waals surface area contributed by atoms with E-state index in [1.807, 2.05) is 0 Å². The Morgan fingerprint density at radius 2 is 1.80 bits per heavy atom. The fourth-order valence-electron chi connectivity index (χ4n) is 1.48. The van der Waals surface area contributed by atoms with E-state index >= 15 is 0 Å². The first-order valence-electron chi connectivity index (χ1n) is 5.29. The highest BCUT2D eigenvalue weighted by atomic mass is 79.9. The van der Waals surface area contributed by atoms with E-state index in [1.165, 1.54) is 12.1 Å². The topological polar surface area (TPSA) is 29.1 Å². The predicted molar refractivity (Wildman–Crippen MR) is 73.4 cm³/mol. The second-order valence-electron chi connectivity index (χ2n) is 3.82. The minimum Gasteiger partial charge on any atom is -0.321 e. The Bertz CT molecular complexity index is 694. The molecule has 0 aliphatic carbocycles. The summed E-state index contributed by atoms with van der Waals surface area (Å²) in [6.07, 6.45) is 0. The third kappa shape index (κ3) is 3.13. The molecule has 1 amide bonds. The molecule has 0 aromatic heterocycles. The summed E-state index contributed by atoms with van der Waals surface area (Å²) in [5.41, 5.74) is -0.423. The lowest BCUT2D eigenvalue weighted by molar-refractivity contribution is 0.102. The zero-order chi connectivity index (χ0) is 14.9. The monoisotopic (exact) mass is 363 g/mol. The van der Waals surface area contributed by atoms with E-state index in [0.717, 1.165) is 6.07 Å². The van der Waals surface area contributed by atoms with Gasteiger partial charge in [0.2, 0.25) is 0 Å².